The van der Waals surface area contributed by atoms with Crippen molar-refractivity contribution < 1.29 is 9.59 Å². The molecule has 0 aromatic heterocycles. The third kappa shape index (κ3) is 5.46. The Hall–Kier alpha value is -2.17. The van der Waals surface area contributed by atoms with E-state index in [9.17, 15) is 14.9 Å². The number of amides is 2. The largest absolute Gasteiger partial charge is 0.325 e. The van der Waals surface area contributed by atoms with Gasteiger partial charge in [0.2, 0.25) is 11.8 Å². The molecule has 1 heterocycles. The van der Waals surface area contributed by atoms with Gasteiger partial charge in [-0.1, -0.05) is 58.7 Å². The molecule has 0 saturated heterocycles. The molecule has 5 nitrogen and oxygen atoms in total. The summed E-state index contributed by atoms with van der Waals surface area (Å²) in [6, 6.07) is 14.0. The van der Waals surface area contributed by atoms with E-state index in [0.29, 0.717) is 31.4 Å². The predicted octanol–water partition coefficient (Wildman–Crippen LogP) is 5.36. The van der Waals surface area contributed by atoms with Gasteiger partial charge in [-0.05, 0) is 35.9 Å². The van der Waals surface area contributed by atoms with Gasteiger partial charge in [0, 0.05) is 23.0 Å². The SMILES string of the molecule is N#CC1=C(SCC(=O)Nc2ccc(Cl)c(Cl)c2)NC(=O)C[C@@H]1c1ccc(Cl)cc1. The summed E-state index contributed by atoms with van der Waals surface area (Å²) in [4.78, 5) is 24.4. The maximum absolute atomic E-state index is 12.3. The van der Waals surface area contributed by atoms with Crippen LogP contribution in [0, 0.1) is 11.3 Å². The van der Waals surface area contributed by atoms with E-state index >= 15 is 0 Å². The first-order valence-corrected chi connectivity index (χ1v) is 10.6. The molecule has 1 aliphatic heterocycles. The van der Waals surface area contributed by atoms with Crippen LogP contribution in [0.4, 0.5) is 5.69 Å². The van der Waals surface area contributed by atoms with Crippen LogP contribution in [0.25, 0.3) is 0 Å². The van der Waals surface area contributed by atoms with E-state index < -0.39 is 0 Å². The smallest absolute Gasteiger partial charge is 0.234 e. The van der Waals surface area contributed by atoms with Gasteiger partial charge in [0.1, 0.15) is 0 Å². The Balaban J connectivity index is 1.74. The molecule has 29 heavy (non-hydrogen) atoms. The molecular formula is C20H14Cl3N3O2S. The minimum Gasteiger partial charge on any atom is -0.325 e. The number of anilines is 1. The van der Waals surface area contributed by atoms with E-state index in [1.54, 1.807) is 42.5 Å². The molecule has 9 heteroatoms. The topological polar surface area (TPSA) is 82.0 Å². The second kappa shape index (κ2) is 9.55. The average Bonchev–Trinajstić information content (AvgIpc) is 2.69. The number of hydrogen-bond donors (Lipinski definition) is 2. The molecule has 0 aliphatic carbocycles. The van der Waals surface area contributed by atoms with Crippen molar-refractivity contribution in [2.24, 2.45) is 0 Å². The van der Waals surface area contributed by atoms with Crippen LogP contribution in [0.15, 0.2) is 53.1 Å². The molecule has 0 radical (unpaired) electrons. The molecular weight excluding hydrogens is 453 g/mol. The van der Waals surface area contributed by atoms with Crippen LogP contribution < -0.4 is 10.6 Å². The lowest BCUT2D eigenvalue weighted by Gasteiger charge is -2.25. The lowest BCUT2D eigenvalue weighted by molar-refractivity contribution is -0.121. The normalized spacial score (nSPS) is 16.2. The standard InChI is InChI=1S/C20H14Cl3N3O2S/c21-12-3-1-11(2-4-12)14-8-18(27)26-20(15(14)9-24)29-10-19(28)25-13-5-6-16(22)17(23)7-13/h1-7,14H,8,10H2,(H,25,28)(H,26,27)/t14-/m1/s1. The summed E-state index contributed by atoms with van der Waals surface area (Å²) in [5.74, 6) is -0.891. The van der Waals surface area contributed by atoms with Gasteiger partial charge in [-0.2, -0.15) is 5.26 Å². The summed E-state index contributed by atoms with van der Waals surface area (Å²) in [7, 11) is 0. The van der Waals surface area contributed by atoms with Crippen molar-refractivity contribution in [3.05, 3.63) is 73.7 Å². The van der Waals surface area contributed by atoms with Crippen LogP contribution in [0.5, 0.6) is 0 Å². The molecule has 2 aromatic rings. The molecule has 0 saturated carbocycles. The maximum atomic E-state index is 12.3. The molecule has 2 amide bonds. The quantitative estimate of drug-likeness (QED) is 0.621. The van der Waals surface area contributed by atoms with Gasteiger partial charge in [0.05, 0.1) is 32.5 Å². The number of nitrogens with zero attached hydrogens (tertiary/aromatic N) is 1. The average molecular weight is 467 g/mol. The number of nitriles is 1. The summed E-state index contributed by atoms with van der Waals surface area (Å²) in [5, 5.41) is 16.7. The van der Waals surface area contributed by atoms with E-state index in [-0.39, 0.29) is 29.9 Å². The van der Waals surface area contributed by atoms with Gasteiger partial charge in [0.15, 0.2) is 0 Å². The summed E-state index contributed by atoms with van der Waals surface area (Å²) in [6.07, 6.45) is 0.157. The van der Waals surface area contributed by atoms with Crippen molar-refractivity contribution in [1.29, 1.82) is 5.26 Å². The first kappa shape index (κ1) is 21.5. The molecule has 148 valence electrons. The van der Waals surface area contributed by atoms with Gasteiger partial charge in [-0.15, -0.1) is 0 Å². The highest BCUT2D eigenvalue weighted by atomic mass is 35.5. The Bertz CT molecular complexity index is 1030. The van der Waals surface area contributed by atoms with E-state index in [0.717, 1.165) is 17.3 Å². The zero-order valence-corrected chi connectivity index (χ0v) is 17.9. The Labute approximate surface area is 187 Å². The van der Waals surface area contributed by atoms with Crippen molar-refractivity contribution in [3.8, 4) is 6.07 Å². The number of nitrogens with one attached hydrogen (secondary N) is 2. The minimum absolute atomic E-state index is 0.00831. The molecule has 2 aromatic carbocycles. The van der Waals surface area contributed by atoms with Crippen LogP contribution in [-0.2, 0) is 9.59 Å². The van der Waals surface area contributed by atoms with Crippen molar-refractivity contribution in [2.45, 2.75) is 12.3 Å². The first-order chi connectivity index (χ1) is 13.9. The molecule has 2 N–H and O–H groups in total. The van der Waals surface area contributed by atoms with Crippen LogP contribution in [0.3, 0.4) is 0 Å². The zero-order chi connectivity index (χ0) is 21.0. The molecule has 0 bridgehead atoms. The number of carbonyl (C=O) groups excluding carboxylic acids is 2. The van der Waals surface area contributed by atoms with E-state index in [1.807, 2.05) is 0 Å². The Morgan fingerprint density at radius 1 is 1.17 bits per heavy atom. The third-order valence-corrected chi connectivity index (χ3v) is 6.19. The van der Waals surface area contributed by atoms with Crippen LogP contribution >= 0.6 is 46.6 Å². The van der Waals surface area contributed by atoms with Crippen molar-refractivity contribution in [2.75, 3.05) is 11.1 Å². The lowest BCUT2D eigenvalue weighted by atomic mass is 9.87. The summed E-state index contributed by atoms with van der Waals surface area (Å²) < 4.78 is 0. The maximum Gasteiger partial charge on any atom is 0.234 e. The Morgan fingerprint density at radius 2 is 1.90 bits per heavy atom. The van der Waals surface area contributed by atoms with Crippen LogP contribution in [0.1, 0.15) is 17.9 Å². The Morgan fingerprint density at radius 3 is 2.55 bits per heavy atom. The second-order valence-electron chi connectivity index (χ2n) is 6.18. The van der Waals surface area contributed by atoms with Crippen molar-refractivity contribution in [1.82, 2.24) is 5.32 Å². The number of carbonyl (C=O) groups is 2. The molecule has 0 spiro atoms. The summed E-state index contributed by atoms with van der Waals surface area (Å²) in [6.45, 7) is 0. The number of halogens is 3. The fraction of sp³-hybridized carbons (Fsp3) is 0.150. The predicted molar refractivity (Wildman–Crippen MR) is 117 cm³/mol. The van der Waals surface area contributed by atoms with Gasteiger partial charge in [-0.25, -0.2) is 0 Å². The fourth-order valence-electron chi connectivity index (χ4n) is 2.82. The molecule has 0 unspecified atom stereocenters. The van der Waals surface area contributed by atoms with Crippen LogP contribution in [0.2, 0.25) is 15.1 Å². The number of benzene rings is 2. The second-order valence-corrected chi connectivity index (χ2v) is 8.41. The highest BCUT2D eigenvalue weighted by Crippen LogP contribution is 2.36. The van der Waals surface area contributed by atoms with Crippen molar-refractivity contribution >= 4 is 64.1 Å². The monoisotopic (exact) mass is 465 g/mol. The molecule has 1 aliphatic rings. The number of allylic oxidation sites excluding steroid dienone is 1. The fourth-order valence-corrected chi connectivity index (χ4v) is 4.12. The van der Waals surface area contributed by atoms with Gasteiger partial charge < -0.3 is 10.6 Å². The number of rotatable bonds is 5. The van der Waals surface area contributed by atoms with Gasteiger partial charge in [0.25, 0.3) is 0 Å². The number of thioether (sulfide) groups is 1. The van der Waals surface area contributed by atoms with Gasteiger partial charge >= 0.3 is 0 Å². The molecule has 1 atom stereocenters. The third-order valence-electron chi connectivity index (χ3n) is 4.18. The lowest BCUT2D eigenvalue weighted by Crippen LogP contribution is -2.31. The van der Waals surface area contributed by atoms with Crippen molar-refractivity contribution in [3.63, 3.8) is 0 Å². The highest BCUT2D eigenvalue weighted by molar-refractivity contribution is 8.03. The summed E-state index contributed by atoms with van der Waals surface area (Å²) in [5.41, 5.74) is 1.74. The highest BCUT2D eigenvalue weighted by Gasteiger charge is 2.29. The molecule has 3 rings (SSSR count). The van der Waals surface area contributed by atoms with Crippen LogP contribution in [-0.4, -0.2) is 17.6 Å². The zero-order valence-electron chi connectivity index (χ0n) is 14.8. The van der Waals surface area contributed by atoms with E-state index in [2.05, 4.69) is 16.7 Å². The molecule has 0 fully saturated rings. The van der Waals surface area contributed by atoms with E-state index in [4.69, 9.17) is 34.8 Å². The Kier molecular flexibility index (Phi) is 7.09. The minimum atomic E-state index is -0.383. The number of hydrogen-bond acceptors (Lipinski definition) is 4. The summed E-state index contributed by atoms with van der Waals surface area (Å²) >= 11 is 18.8. The van der Waals surface area contributed by atoms with Gasteiger partial charge in [-0.3, -0.25) is 9.59 Å². The first-order valence-electron chi connectivity index (χ1n) is 8.44. The van der Waals surface area contributed by atoms with E-state index in [1.165, 1.54) is 0 Å².